The van der Waals surface area contributed by atoms with Crippen molar-refractivity contribution in [3.63, 3.8) is 0 Å². The van der Waals surface area contributed by atoms with Gasteiger partial charge in [0.15, 0.2) is 5.16 Å². The van der Waals surface area contributed by atoms with E-state index in [1.807, 2.05) is 16.7 Å². The summed E-state index contributed by atoms with van der Waals surface area (Å²) in [6.07, 6.45) is 3.19. The lowest BCUT2D eigenvalue weighted by atomic mass is 10.1. The quantitative estimate of drug-likeness (QED) is 0.523. The smallest absolute Gasteiger partial charge is 0.262 e. The number of aromatic nitrogens is 3. The third-order valence-electron chi connectivity index (χ3n) is 3.69. The van der Waals surface area contributed by atoms with Crippen LogP contribution in [0.2, 0.25) is 0 Å². The van der Waals surface area contributed by atoms with E-state index in [1.165, 1.54) is 16.7 Å². The maximum atomic E-state index is 12.3. The zero-order valence-electron chi connectivity index (χ0n) is 12.5. The van der Waals surface area contributed by atoms with Crippen LogP contribution >= 0.6 is 11.8 Å². The topological polar surface area (TPSA) is 81.2 Å². The van der Waals surface area contributed by atoms with Crippen LogP contribution in [0, 0.1) is 0 Å². The van der Waals surface area contributed by atoms with Gasteiger partial charge in [0.05, 0.1) is 29.8 Å². The van der Waals surface area contributed by atoms with Crippen molar-refractivity contribution in [3.8, 4) is 0 Å². The number of amides is 2. The van der Waals surface area contributed by atoms with Gasteiger partial charge in [-0.25, -0.2) is 0 Å². The number of fused-ring (bicyclic) bond motifs is 1. The van der Waals surface area contributed by atoms with E-state index >= 15 is 0 Å². The van der Waals surface area contributed by atoms with Gasteiger partial charge in [-0.3, -0.25) is 14.5 Å². The summed E-state index contributed by atoms with van der Waals surface area (Å²) in [7, 11) is 0. The van der Waals surface area contributed by atoms with Crippen LogP contribution in [0.1, 0.15) is 26.5 Å². The first kappa shape index (κ1) is 14.7. The molecule has 0 atom stereocenters. The summed E-state index contributed by atoms with van der Waals surface area (Å²) in [5, 5.41) is 8.54. The summed E-state index contributed by atoms with van der Waals surface area (Å²) < 4.78 is 7.12. The van der Waals surface area contributed by atoms with Crippen LogP contribution in [0.25, 0.3) is 0 Å². The van der Waals surface area contributed by atoms with Gasteiger partial charge in [0.25, 0.3) is 11.8 Å². The molecule has 120 valence electrons. The van der Waals surface area contributed by atoms with Crippen LogP contribution in [0.3, 0.4) is 0 Å². The van der Waals surface area contributed by atoms with E-state index in [0.717, 1.165) is 5.76 Å². The normalized spacial score (nSPS) is 13.6. The van der Waals surface area contributed by atoms with E-state index in [9.17, 15) is 9.59 Å². The molecule has 2 amide bonds. The summed E-state index contributed by atoms with van der Waals surface area (Å²) in [6.45, 7) is 0.491. The molecule has 0 saturated heterocycles. The zero-order valence-corrected chi connectivity index (χ0v) is 13.3. The zero-order chi connectivity index (χ0) is 16.5. The van der Waals surface area contributed by atoms with Gasteiger partial charge in [-0.05, 0) is 24.3 Å². The Labute approximate surface area is 141 Å². The molecule has 0 radical (unpaired) electrons. The van der Waals surface area contributed by atoms with Gasteiger partial charge in [0.1, 0.15) is 12.1 Å². The largest absolute Gasteiger partial charge is 0.467 e. The number of hydrogen-bond acceptors (Lipinski definition) is 6. The predicted octanol–water partition coefficient (Wildman–Crippen LogP) is 2.27. The lowest BCUT2D eigenvalue weighted by molar-refractivity contribution is 0.0684. The number of rotatable bonds is 5. The molecule has 0 bridgehead atoms. The average molecular weight is 340 g/mol. The molecule has 0 unspecified atom stereocenters. The third kappa shape index (κ3) is 2.50. The second-order valence-corrected chi connectivity index (χ2v) is 6.09. The number of thioether (sulfide) groups is 1. The number of carbonyl (C=O) groups is 2. The average Bonchev–Trinajstić information content (AvgIpc) is 3.31. The minimum atomic E-state index is -0.278. The Hall–Kier alpha value is -2.87. The molecule has 0 spiro atoms. The van der Waals surface area contributed by atoms with E-state index in [-0.39, 0.29) is 17.7 Å². The Kier molecular flexibility index (Phi) is 3.66. The van der Waals surface area contributed by atoms with Gasteiger partial charge >= 0.3 is 0 Å². The number of benzene rings is 1. The van der Waals surface area contributed by atoms with Crippen LogP contribution in [0.4, 0.5) is 0 Å². The second kappa shape index (κ2) is 5.97. The molecule has 0 aliphatic carbocycles. The van der Waals surface area contributed by atoms with Crippen LogP contribution in [-0.2, 0) is 6.54 Å². The number of carbonyl (C=O) groups excluding carboxylic acids is 2. The van der Waals surface area contributed by atoms with Gasteiger partial charge in [0.2, 0.25) is 0 Å². The molecular formula is C16H12N4O3S. The monoisotopic (exact) mass is 340 g/mol. The lowest BCUT2D eigenvalue weighted by Crippen LogP contribution is -2.29. The molecule has 8 heteroatoms. The standard InChI is InChI=1S/C16H12N4O3S/c21-14-12-5-1-2-6-13(12)15(22)20(14)10-24-16-18-17-9-19(16)8-11-4-3-7-23-11/h1-7,9H,8,10H2. The fraction of sp³-hybridized carbons (Fsp3) is 0.125. The molecule has 1 aliphatic rings. The molecule has 24 heavy (non-hydrogen) atoms. The number of imide groups is 1. The van der Waals surface area contributed by atoms with Gasteiger partial charge in [0, 0.05) is 0 Å². The Morgan fingerprint density at radius 3 is 2.46 bits per heavy atom. The second-order valence-electron chi connectivity index (χ2n) is 5.18. The minimum absolute atomic E-state index is 0.184. The fourth-order valence-corrected chi connectivity index (χ4v) is 3.38. The van der Waals surface area contributed by atoms with E-state index in [1.54, 1.807) is 36.9 Å². The molecule has 2 aromatic heterocycles. The molecule has 4 rings (SSSR count). The van der Waals surface area contributed by atoms with E-state index in [0.29, 0.717) is 22.8 Å². The molecule has 1 aliphatic heterocycles. The van der Waals surface area contributed by atoms with Gasteiger partial charge < -0.3 is 8.98 Å². The van der Waals surface area contributed by atoms with E-state index in [2.05, 4.69) is 10.2 Å². The predicted molar refractivity (Wildman–Crippen MR) is 85.5 cm³/mol. The molecule has 3 heterocycles. The summed E-state index contributed by atoms with van der Waals surface area (Å²) >= 11 is 1.28. The van der Waals surface area contributed by atoms with Crippen molar-refractivity contribution in [1.29, 1.82) is 0 Å². The first-order valence-corrected chi connectivity index (χ1v) is 8.21. The highest BCUT2D eigenvalue weighted by Gasteiger charge is 2.35. The summed E-state index contributed by atoms with van der Waals surface area (Å²) in [4.78, 5) is 25.9. The first-order valence-electron chi connectivity index (χ1n) is 7.22. The first-order chi connectivity index (χ1) is 11.7. The number of furan rings is 1. The highest BCUT2D eigenvalue weighted by atomic mass is 32.2. The minimum Gasteiger partial charge on any atom is -0.467 e. The lowest BCUT2D eigenvalue weighted by Gasteiger charge is -2.13. The van der Waals surface area contributed by atoms with Crippen molar-refractivity contribution < 1.29 is 14.0 Å². The highest BCUT2D eigenvalue weighted by molar-refractivity contribution is 7.99. The van der Waals surface area contributed by atoms with Crippen molar-refractivity contribution in [2.45, 2.75) is 11.7 Å². The Morgan fingerprint density at radius 1 is 1.04 bits per heavy atom. The van der Waals surface area contributed by atoms with Gasteiger partial charge in [-0.15, -0.1) is 10.2 Å². The number of nitrogens with zero attached hydrogens (tertiary/aromatic N) is 4. The Bertz CT molecular complexity index is 869. The summed E-state index contributed by atoms with van der Waals surface area (Å²) in [6, 6.07) is 10.5. The summed E-state index contributed by atoms with van der Waals surface area (Å²) in [5.74, 6) is 0.404. The van der Waals surface area contributed by atoms with Gasteiger partial charge in [-0.2, -0.15) is 0 Å². The van der Waals surface area contributed by atoms with Crippen molar-refractivity contribution in [2.24, 2.45) is 0 Å². The van der Waals surface area contributed by atoms with Crippen molar-refractivity contribution in [2.75, 3.05) is 5.88 Å². The molecule has 1 aromatic carbocycles. The molecular weight excluding hydrogens is 328 g/mol. The van der Waals surface area contributed by atoms with Crippen LogP contribution in [0.15, 0.2) is 58.6 Å². The van der Waals surface area contributed by atoms with Gasteiger partial charge in [-0.1, -0.05) is 23.9 Å². The summed E-state index contributed by atoms with van der Waals surface area (Å²) in [5.41, 5.74) is 0.889. The SMILES string of the molecule is O=C1c2ccccc2C(=O)N1CSc1nncn1Cc1ccco1. The maximum absolute atomic E-state index is 12.3. The molecule has 3 aromatic rings. The van der Waals surface area contributed by atoms with Crippen LogP contribution in [0.5, 0.6) is 0 Å². The van der Waals surface area contributed by atoms with E-state index < -0.39 is 0 Å². The highest BCUT2D eigenvalue weighted by Crippen LogP contribution is 2.26. The Balaban J connectivity index is 1.48. The van der Waals surface area contributed by atoms with Crippen molar-refractivity contribution in [1.82, 2.24) is 19.7 Å². The molecule has 0 fully saturated rings. The molecule has 7 nitrogen and oxygen atoms in total. The molecule has 0 N–H and O–H groups in total. The van der Waals surface area contributed by atoms with Crippen molar-refractivity contribution in [3.05, 3.63) is 65.9 Å². The number of hydrogen-bond donors (Lipinski definition) is 0. The third-order valence-corrected chi connectivity index (χ3v) is 4.65. The fourth-order valence-electron chi connectivity index (χ4n) is 2.51. The maximum Gasteiger partial charge on any atom is 0.262 e. The van der Waals surface area contributed by atoms with E-state index in [4.69, 9.17) is 4.42 Å². The Morgan fingerprint density at radius 2 is 1.79 bits per heavy atom. The van der Waals surface area contributed by atoms with Crippen LogP contribution in [-0.4, -0.2) is 37.4 Å². The molecule has 0 saturated carbocycles. The van der Waals surface area contributed by atoms with Crippen molar-refractivity contribution >= 4 is 23.6 Å². The van der Waals surface area contributed by atoms with Crippen LogP contribution < -0.4 is 0 Å².